The van der Waals surface area contributed by atoms with Crippen molar-refractivity contribution in [2.45, 2.75) is 32.0 Å². The Bertz CT molecular complexity index is 1570. The van der Waals surface area contributed by atoms with Gasteiger partial charge in [-0.15, -0.1) is 0 Å². The molecule has 38 heavy (non-hydrogen) atoms. The molecule has 5 aromatic rings. The molecular weight excluding hydrogens is 470 g/mol. The molecule has 6 rings (SSSR count). The Hall–Kier alpha value is -4.29. The maximum absolute atomic E-state index is 13.1. The van der Waals surface area contributed by atoms with Gasteiger partial charge in [-0.05, 0) is 41.7 Å². The molecule has 6 nitrogen and oxygen atoms in total. The highest BCUT2D eigenvalue weighted by molar-refractivity contribution is 5.78. The number of rotatable bonds is 7. The highest BCUT2D eigenvalue weighted by atomic mass is 16.1. The minimum atomic E-state index is -0.108. The van der Waals surface area contributed by atoms with Gasteiger partial charge < -0.3 is 9.88 Å². The van der Waals surface area contributed by atoms with E-state index in [9.17, 15) is 4.79 Å². The minimum absolute atomic E-state index is 0.108. The fourth-order valence-electron chi connectivity index (χ4n) is 5.16. The number of nitrogens with zero attached hydrogens (tertiary/aromatic N) is 4. The maximum atomic E-state index is 13.1. The third kappa shape index (κ3) is 5.50. The van der Waals surface area contributed by atoms with E-state index >= 15 is 0 Å². The lowest BCUT2D eigenvalue weighted by molar-refractivity contribution is 0.211. The zero-order chi connectivity index (χ0) is 25.7. The second kappa shape index (κ2) is 11.0. The third-order valence-electron chi connectivity index (χ3n) is 7.30. The van der Waals surface area contributed by atoms with Gasteiger partial charge in [-0.2, -0.15) is 0 Å². The third-order valence-corrected chi connectivity index (χ3v) is 7.30. The molecule has 0 spiro atoms. The second-order valence-electron chi connectivity index (χ2n) is 9.96. The van der Waals surface area contributed by atoms with Crippen molar-refractivity contribution in [3.63, 3.8) is 0 Å². The molecule has 0 unspecified atom stereocenters. The standard InChI is InChI=1S/C32H31N5O/c38-32-31(33-18-21-37(32)23-29-15-14-27-8-4-5-9-30(27)34-29)35-28-16-19-36(20-17-28)22-24-10-12-26(13-11-24)25-6-2-1-3-7-25/h1-15,18,21,28H,16-17,19-20,22-23H2,(H,33,35). The molecule has 0 radical (unpaired) electrons. The van der Waals surface area contributed by atoms with E-state index in [-0.39, 0.29) is 11.6 Å². The number of pyridine rings is 1. The zero-order valence-corrected chi connectivity index (χ0v) is 21.3. The Morgan fingerprint density at radius 3 is 2.34 bits per heavy atom. The van der Waals surface area contributed by atoms with Crippen LogP contribution in [0.1, 0.15) is 24.1 Å². The molecule has 1 N–H and O–H groups in total. The van der Waals surface area contributed by atoms with Gasteiger partial charge >= 0.3 is 0 Å². The van der Waals surface area contributed by atoms with Crippen molar-refractivity contribution in [1.82, 2.24) is 19.4 Å². The van der Waals surface area contributed by atoms with Crippen molar-refractivity contribution in [3.8, 4) is 11.1 Å². The number of benzene rings is 3. The van der Waals surface area contributed by atoms with Gasteiger partial charge in [-0.25, -0.2) is 4.98 Å². The van der Waals surface area contributed by atoms with E-state index in [4.69, 9.17) is 4.98 Å². The number of piperidine rings is 1. The van der Waals surface area contributed by atoms with Gasteiger partial charge in [-0.3, -0.25) is 14.7 Å². The summed E-state index contributed by atoms with van der Waals surface area (Å²) in [4.78, 5) is 24.7. The number of para-hydroxylation sites is 1. The molecule has 0 amide bonds. The summed E-state index contributed by atoms with van der Waals surface area (Å²) in [7, 11) is 0. The molecule has 0 bridgehead atoms. The van der Waals surface area contributed by atoms with Crippen LogP contribution in [0.2, 0.25) is 0 Å². The van der Waals surface area contributed by atoms with Crippen molar-refractivity contribution >= 4 is 16.7 Å². The lowest BCUT2D eigenvalue weighted by Crippen LogP contribution is -2.40. The van der Waals surface area contributed by atoms with Crippen molar-refractivity contribution < 1.29 is 0 Å². The summed E-state index contributed by atoms with van der Waals surface area (Å²) in [5, 5.41) is 4.52. The van der Waals surface area contributed by atoms with Gasteiger partial charge in [0.05, 0.1) is 17.8 Å². The number of hydrogen-bond acceptors (Lipinski definition) is 5. The van der Waals surface area contributed by atoms with Crippen LogP contribution in [0.5, 0.6) is 0 Å². The number of aromatic nitrogens is 3. The quantitative estimate of drug-likeness (QED) is 0.315. The largest absolute Gasteiger partial charge is 0.363 e. The summed E-state index contributed by atoms with van der Waals surface area (Å²) >= 11 is 0. The number of likely N-dealkylation sites (tertiary alicyclic amines) is 1. The smallest absolute Gasteiger partial charge is 0.293 e. The van der Waals surface area contributed by atoms with Crippen LogP contribution in [0.15, 0.2) is 108 Å². The van der Waals surface area contributed by atoms with Crippen molar-refractivity contribution in [1.29, 1.82) is 0 Å². The van der Waals surface area contributed by atoms with Crippen molar-refractivity contribution in [2.75, 3.05) is 18.4 Å². The lowest BCUT2D eigenvalue weighted by Gasteiger charge is -2.32. The van der Waals surface area contributed by atoms with Crippen LogP contribution in [0.4, 0.5) is 5.82 Å². The van der Waals surface area contributed by atoms with E-state index < -0.39 is 0 Å². The Morgan fingerprint density at radius 1 is 0.789 bits per heavy atom. The Labute approximate surface area is 222 Å². The number of anilines is 1. The molecule has 6 heteroatoms. The first-order valence-corrected chi connectivity index (χ1v) is 13.2. The van der Waals surface area contributed by atoms with Gasteiger partial charge in [0.15, 0.2) is 5.82 Å². The molecule has 3 heterocycles. The van der Waals surface area contributed by atoms with Crippen LogP contribution in [0.25, 0.3) is 22.0 Å². The number of fused-ring (bicyclic) bond motifs is 1. The van der Waals surface area contributed by atoms with Crippen LogP contribution in [0.3, 0.4) is 0 Å². The first kappa shape index (κ1) is 24.1. The fraction of sp³-hybridized carbons (Fsp3) is 0.219. The Morgan fingerprint density at radius 2 is 1.53 bits per heavy atom. The van der Waals surface area contributed by atoms with Gasteiger partial charge in [0.1, 0.15) is 0 Å². The van der Waals surface area contributed by atoms with Gasteiger partial charge in [0.2, 0.25) is 0 Å². The van der Waals surface area contributed by atoms with E-state index in [2.05, 4.69) is 69.8 Å². The minimum Gasteiger partial charge on any atom is -0.363 e. The van der Waals surface area contributed by atoms with Crippen LogP contribution >= 0.6 is 0 Å². The Balaban J connectivity index is 1.05. The first-order chi connectivity index (χ1) is 18.7. The van der Waals surface area contributed by atoms with Gasteiger partial charge in [0, 0.05) is 43.5 Å². The average Bonchev–Trinajstić information content (AvgIpc) is 2.97. The molecule has 1 aliphatic heterocycles. The lowest BCUT2D eigenvalue weighted by atomic mass is 10.0. The summed E-state index contributed by atoms with van der Waals surface area (Å²) in [6.07, 6.45) is 5.38. The highest BCUT2D eigenvalue weighted by Gasteiger charge is 2.21. The number of hydrogen-bond donors (Lipinski definition) is 1. The predicted molar refractivity (Wildman–Crippen MR) is 153 cm³/mol. The molecule has 1 fully saturated rings. The van der Waals surface area contributed by atoms with Crippen LogP contribution in [0, 0.1) is 0 Å². The predicted octanol–water partition coefficient (Wildman–Crippen LogP) is 5.58. The molecule has 2 aromatic heterocycles. The SMILES string of the molecule is O=c1c(NC2CCN(Cc3ccc(-c4ccccc4)cc3)CC2)nccn1Cc1ccc2ccccc2n1. The Kier molecular flexibility index (Phi) is 6.96. The summed E-state index contributed by atoms with van der Waals surface area (Å²) in [5.41, 5.74) is 5.49. The molecule has 0 saturated carbocycles. The van der Waals surface area contributed by atoms with Crippen LogP contribution < -0.4 is 10.9 Å². The zero-order valence-electron chi connectivity index (χ0n) is 21.3. The van der Waals surface area contributed by atoms with E-state index in [1.165, 1.54) is 16.7 Å². The van der Waals surface area contributed by atoms with E-state index in [1.807, 2.05) is 36.4 Å². The summed E-state index contributed by atoms with van der Waals surface area (Å²) < 4.78 is 1.68. The van der Waals surface area contributed by atoms with Gasteiger partial charge in [0.25, 0.3) is 5.56 Å². The van der Waals surface area contributed by atoms with E-state index in [0.717, 1.165) is 49.1 Å². The van der Waals surface area contributed by atoms with Crippen LogP contribution in [-0.4, -0.2) is 38.6 Å². The highest BCUT2D eigenvalue weighted by Crippen LogP contribution is 2.21. The fourth-order valence-corrected chi connectivity index (χ4v) is 5.16. The molecule has 190 valence electrons. The van der Waals surface area contributed by atoms with Crippen LogP contribution in [-0.2, 0) is 13.1 Å². The normalized spacial score (nSPS) is 14.5. The summed E-state index contributed by atoms with van der Waals surface area (Å²) in [5.74, 6) is 0.420. The molecule has 1 aliphatic rings. The molecule has 1 saturated heterocycles. The van der Waals surface area contributed by atoms with Crippen molar-refractivity contribution in [3.05, 3.63) is 125 Å². The number of nitrogens with one attached hydrogen (secondary N) is 1. The average molecular weight is 502 g/mol. The summed E-state index contributed by atoms with van der Waals surface area (Å²) in [6, 6.07) is 31.6. The molecule has 0 aliphatic carbocycles. The van der Waals surface area contributed by atoms with Crippen molar-refractivity contribution in [2.24, 2.45) is 0 Å². The van der Waals surface area contributed by atoms with Gasteiger partial charge in [-0.1, -0.05) is 78.9 Å². The first-order valence-electron chi connectivity index (χ1n) is 13.2. The second-order valence-corrected chi connectivity index (χ2v) is 9.96. The monoisotopic (exact) mass is 501 g/mol. The summed E-state index contributed by atoms with van der Waals surface area (Å²) in [6.45, 7) is 3.33. The molecule has 0 atom stereocenters. The molecule has 3 aromatic carbocycles. The van der Waals surface area contributed by atoms with E-state index in [0.29, 0.717) is 12.4 Å². The van der Waals surface area contributed by atoms with E-state index in [1.54, 1.807) is 17.0 Å². The maximum Gasteiger partial charge on any atom is 0.293 e. The topological polar surface area (TPSA) is 63.1 Å². The molecular formula is C32H31N5O.